The van der Waals surface area contributed by atoms with Crippen LogP contribution in [0, 0.1) is 0 Å². The van der Waals surface area contributed by atoms with Crippen LogP contribution in [0.15, 0.2) is 35.5 Å². The minimum Gasteiger partial charge on any atom is -0.348 e. The Morgan fingerprint density at radius 3 is 2.79 bits per heavy atom. The summed E-state index contributed by atoms with van der Waals surface area (Å²) in [7, 11) is 0. The van der Waals surface area contributed by atoms with Gasteiger partial charge in [-0.25, -0.2) is 4.68 Å². The van der Waals surface area contributed by atoms with Crippen molar-refractivity contribution in [1.29, 1.82) is 0 Å². The van der Waals surface area contributed by atoms with Crippen molar-refractivity contribution in [3.05, 3.63) is 35.9 Å². The van der Waals surface area contributed by atoms with Gasteiger partial charge >= 0.3 is 0 Å². The Morgan fingerprint density at radius 2 is 2.12 bits per heavy atom. The van der Waals surface area contributed by atoms with Crippen molar-refractivity contribution >= 4 is 17.7 Å². The maximum Gasteiger partial charge on any atom is 0.233 e. The Labute approximate surface area is 146 Å². The van der Waals surface area contributed by atoms with Crippen molar-refractivity contribution in [3.63, 3.8) is 0 Å². The van der Waals surface area contributed by atoms with Crippen LogP contribution >= 0.6 is 11.8 Å². The van der Waals surface area contributed by atoms with Gasteiger partial charge in [0.15, 0.2) is 0 Å². The van der Waals surface area contributed by atoms with Gasteiger partial charge < -0.3 is 5.32 Å². The van der Waals surface area contributed by atoms with E-state index in [9.17, 15) is 4.79 Å². The molecule has 1 aromatic carbocycles. The summed E-state index contributed by atoms with van der Waals surface area (Å²) in [6, 6.07) is 10.6. The molecule has 1 fully saturated rings. The Morgan fingerprint density at radius 1 is 1.38 bits per heavy atom. The number of hydrogen-bond donors (Lipinski definition) is 1. The van der Waals surface area contributed by atoms with E-state index in [0.717, 1.165) is 36.4 Å². The summed E-state index contributed by atoms with van der Waals surface area (Å²) < 4.78 is 1.84. The van der Waals surface area contributed by atoms with Gasteiger partial charge in [0.05, 0.1) is 17.3 Å². The highest BCUT2D eigenvalue weighted by Gasteiger charge is 2.29. The maximum absolute atomic E-state index is 12.6. The number of hydrogen-bond acceptors (Lipinski definition) is 5. The smallest absolute Gasteiger partial charge is 0.233 e. The topological polar surface area (TPSA) is 72.7 Å². The Kier molecular flexibility index (Phi) is 5.50. The molecule has 1 N–H and O–H groups in total. The van der Waals surface area contributed by atoms with Crippen LogP contribution in [-0.2, 0) is 4.79 Å². The van der Waals surface area contributed by atoms with Crippen molar-refractivity contribution in [3.8, 4) is 0 Å². The lowest BCUT2D eigenvalue weighted by Gasteiger charge is -2.20. The monoisotopic (exact) mass is 345 g/mol. The molecule has 24 heavy (non-hydrogen) atoms. The second-order valence-electron chi connectivity index (χ2n) is 6.16. The molecule has 0 saturated heterocycles. The third-order valence-electron chi connectivity index (χ3n) is 4.10. The van der Waals surface area contributed by atoms with Gasteiger partial charge in [0, 0.05) is 0 Å². The SMILES string of the molecule is CCC[C@H](NC(=O)[C@@H](C)Sc1nnnn1C1CC1)c1ccccc1. The number of aromatic nitrogens is 4. The molecular weight excluding hydrogens is 322 g/mol. The summed E-state index contributed by atoms with van der Waals surface area (Å²) in [4.78, 5) is 12.6. The molecule has 1 heterocycles. The predicted octanol–water partition coefficient (Wildman–Crippen LogP) is 3.15. The standard InChI is InChI=1S/C17H23N5OS/c1-3-7-15(13-8-5-4-6-9-13)18-16(23)12(2)24-17-19-20-21-22(17)14-10-11-14/h4-6,8-9,12,14-15H,3,7,10-11H2,1-2H3,(H,18,23)/t12-,15+/m1/s1. The molecule has 1 saturated carbocycles. The average Bonchev–Trinajstić information content (AvgIpc) is 3.34. The normalized spacial score (nSPS) is 16.6. The van der Waals surface area contributed by atoms with Crippen LogP contribution in [0.3, 0.4) is 0 Å². The third-order valence-corrected chi connectivity index (χ3v) is 5.15. The van der Waals surface area contributed by atoms with Crippen LogP contribution in [0.4, 0.5) is 0 Å². The molecule has 3 rings (SSSR count). The van der Waals surface area contributed by atoms with Gasteiger partial charge in [-0.1, -0.05) is 55.4 Å². The van der Waals surface area contributed by atoms with E-state index in [4.69, 9.17) is 0 Å². The highest BCUT2D eigenvalue weighted by atomic mass is 32.2. The quantitative estimate of drug-likeness (QED) is 0.744. The largest absolute Gasteiger partial charge is 0.348 e. The second-order valence-corrected chi connectivity index (χ2v) is 7.47. The van der Waals surface area contributed by atoms with Crippen LogP contribution in [0.5, 0.6) is 0 Å². The van der Waals surface area contributed by atoms with Gasteiger partial charge in [-0.05, 0) is 42.2 Å². The first-order chi connectivity index (χ1) is 11.7. The number of nitrogens with one attached hydrogen (secondary N) is 1. The Hall–Kier alpha value is -1.89. The summed E-state index contributed by atoms with van der Waals surface area (Å²) >= 11 is 1.42. The summed E-state index contributed by atoms with van der Waals surface area (Å²) in [5, 5.41) is 15.5. The van der Waals surface area contributed by atoms with Crippen molar-refractivity contribution in [2.24, 2.45) is 0 Å². The van der Waals surface area contributed by atoms with E-state index < -0.39 is 0 Å². The number of tetrazole rings is 1. The molecule has 0 bridgehead atoms. The Bertz CT molecular complexity index is 671. The molecule has 0 radical (unpaired) electrons. The van der Waals surface area contributed by atoms with E-state index in [2.05, 4.69) is 39.9 Å². The molecule has 1 aliphatic rings. The van der Waals surface area contributed by atoms with Gasteiger partial charge in [-0.15, -0.1) is 5.10 Å². The number of carbonyl (C=O) groups is 1. The van der Waals surface area contributed by atoms with E-state index in [1.54, 1.807) is 0 Å². The van der Waals surface area contributed by atoms with E-state index >= 15 is 0 Å². The lowest BCUT2D eigenvalue weighted by molar-refractivity contribution is -0.121. The predicted molar refractivity (Wildman–Crippen MR) is 93.6 cm³/mol. The highest BCUT2D eigenvalue weighted by molar-refractivity contribution is 8.00. The van der Waals surface area contributed by atoms with Crippen molar-refractivity contribution in [2.45, 2.75) is 62.0 Å². The minimum absolute atomic E-state index is 0.0210. The van der Waals surface area contributed by atoms with Gasteiger partial charge in [0.2, 0.25) is 11.1 Å². The van der Waals surface area contributed by atoms with Crippen LogP contribution in [0.25, 0.3) is 0 Å². The van der Waals surface area contributed by atoms with E-state index in [1.165, 1.54) is 11.8 Å². The van der Waals surface area contributed by atoms with Crippen LogP contribution in [0.2, 0.25) is 0 Å². The first-order valence-electron chi connectivity index (χ1n) is 8.49. The molecule has 1 aromatic heterocycles. The zero-order valence-electron chi connectivity index (χ0n) is 14.1. The van der Waals surface area contributed by atoms with Crippen LogP contribution in [-0.4, -0.2) is 31.4 Å². The number of nitrogens with zero attached hydrogens (tertiary/aromatic N) is 4. The number of benzene rings is 1. The van der Waals surface area contributed by atoms with Gasteiger partial charge in [0.1, 0.15) is 0 Å². The zero-order chi connectivity index (χ0) is 16.9. The fourth-order valence-electron chi connectivity index (χ4n) is 2.61. The molecule has 0 unspecified atom stereocenters. The van der Waals surface area contributed by atoms with E-state index in [0.29, 0.717) is 6.04 Å². The summed E-state index contributed by atoms with van der Waals surface area (Å²) in [6.45, 7) is 4.03. The number of carbonyl (C=O) groups excluding carboxylic acids is 1. The Balaban J connectivity index is 1.62. The molecule has 7 heteroatoms. The summed E-state index contributed by atoms with van der Waals surface area (Å²) in [5.41, 5.74) is 1.15. The molecular formula is C17H23N5OS. The molecule has 2 aromatic rings. The lowest BCUT2D eigenvalue weighted by Crippen LogP contribution is -2.34. The molecule has 1 aliphatic carbocycles. The van der Waals surface area contributed by atoms with Gasteiger partial charge in [0.25, 0.3) is 0 Å². The maximum atomic E-state index is 12.6. The van der Waals surface area contributed by atoms with Gasteiger partial charge in [-0.2, -0.15) is 0 Å². The van der Waals surface area contributed by atoms with Crippen molar-refractivity contribution in [1.82, 2.24) is 25.5 Å². The first-order valence-corrected chi connectivity index (χ1v) is 9.36. The average molecular weight is 345 g/mol. The lowest BCUT2D eigenvalue weighted by atomic mass is 10.0. The highest BCUT2D eigenvalue weighted by Crippen LogP contribution is 2.37. The summed E-state index contributed by atoms with van der Waals surface area (Å²) in [6.07, 6.45) is 4.17. The fraction of sp³-hybridized carbons (Fsp3) is 0.529. The summed E-state index contributed by atoms with van der Waals surface area (Å²) in [5.74, 6) is 0.0210. The second kappa shape index (κ2) is 7.79. The molecule has 0 aliphatic heterocycles. The van der Waals surface area contributed by atoms with Crippen molar-refractivity contribution < 1.29 is 4.79 Å². The molecule has 2 atom stereocenters. The van der Waals surface area contributed by atoms with Crippen LogP contribution in [0.1, 0.15) is 57.2 Å². The fourth-order valence-corrected chi connectivity index (χ4v) is 3.48. The van der Waals surface area contributed by atoms with E-state index in [1.807, 2.05) is 29.8 Å². The molecule has 1 amide bonds. The number of thioether (sulfide) groups is 1. The first kappa shape index (κ1) is 17.0. The number of rotatable bonds is 8. The molecule has 128 valence electrons. The van der Waals surface area contributed by atoms with E-state index in [-0.39, 0.29) is 17.2 Å². The third kappa shape index (κ3) is 4.14. The van der Waals surface area contributed by atoms with Crippen LogP contribution < -0.4 is 5.32 Å². The van der Waals surface area contributed by atoms with Gasteiger partial charge in [-0.3, -0.25) is 4.79 Å². The molecule has 0 spiro atoms. The number of amides is 1. The van der Waals surface area contributed by atoms with Crippen molar-refractivity contribution in [2.75, 3.05) is 0 Å². The molecule has 6 nitrogen and oxygen atoms in total. The zero-order valence-corrected chi connectivity index (χ0v) is 14.9. The minimum atomic E-state index is -0.239.